The van der Waals surface area contributed by atoms with Gasteiger partial charge in [0.05, 0.1) is 6.61 Å². The monoisotopic (exact) mass is 311 g/mol. The van der Waals surface area contributed by atoms with Gasteiger partial charge in [0.25, 0.3) is 0 Å². The quantitative estimate of drug-likeness (QED) is 0.474. The summed E-state index contributed by atoms with van der Waals surface area (Å²) in [5, 5.41) is 12.1. The molecule has 0 radical (unpaired) electrons. The summed E-state index contributed by atoms with van der Waals surface area (Å²) in [6.45, 7) is 5.05. The van der Waals surface area contributed by atoms with E-state index in [1.54, 1.807) is 20.8 Å². The zero-order valence-corrected chi connectivity index (χ0v) is 12.6. The van der Waals surface area contributed by atoms with Crippen molar-refractivity contribution in [2.24, 2.45) is 11.1 Å². The van der Waals surface area contributed by atoms with Crippen LogP contribution in [-0.4, -0.2) is 23.7 Å². The molecule has 0 aliphatic carbocycles. The van der Waals surface area contributed by atoms with Crippen LogP contribution in [0.2, 0.25) is 0 Å². The molecule has 1 rings (SSSR count). The second kappa shape index (κ2) is 7.11. The Bertz CT molecular complexity index is 587. The highest BCUT2D eigenvalue weighted by Crippen LogP contribution is 2.35. The van der Waals surface area contributed by atoms with Crippen LogP contribution < -0.4 is 0 Å². The number of esters is 1. The number of carboxylic acid groups (broad SMARTS) is 1. The van der Waals surface area contributed by atoms with Crippen LogP contribution >= 0.6 is 0 Å². The van der Waals surface area contributed by atoms with Crippen LogP contribution in [0.25, 0.3) is 0 Å². The van der Waals surface area contributed by atoms with Crippen molar-refractivity contribution in [2.45, 2.75) is 32.6 Å². The van der Waals surface area contributed by atoms with E-state index >= 15 is 0 Å². The normalized spacial score (nSPS) is 13.5. The van der Waals surface area contributed by atoms with Gasteiger partial charge in [-0.05, 0) is 42.1 Å². The Morgan fingerprint density at radius 3 is 2.45 bits per heavy atom. The van der Waals surface area contributed by atoms with E-state index in [-0.39, 0.29) is 24.5 Å². The van der Waals surface area contributed by atoms with Gasteiger partial charge in [0, 0.05) is 0 Å². The van der Waals surface area contributed by atoms with Gasteiger partial charge in [-0.2, -0.15) is 0 Å². The summed E-state index contributed by atoms with van der Waals surface area (Å²) in [5.41, 5.74) is -2.54. The number of carboxylic acids is 1. The van der Waals surface area contributed by atoms with Crippen molar-refractivity contribution in [2.75, 3.05) is 6.61 Å². The molecule has 0 saturated heterocycles. The zero-order valence-electron chi connectivity index (χ0n) is 12.6. The van der Waals surface area contributed by atoms with Gasteiger partial charge in [0.2, 0.25) is 0 Å². The summed E-state index contributed by atoms with van der Waals surface area (Å²) in [6, 6.07) is 3.12. The Morgan fingerprint density at radius 1 is 1.41 bits per heavy atom. The predicted octanol–water partition coefficient (Wildman–Crippen LogP) is 3.16. The zero-order chi connectivity index (χ0) is 16.9. The van der Waals surface area contributed by atoms with Crippen molar-refractivity contribution < 1.29 is 23.8 Å². The summed E-state index contributed by atoms with van der Waals surface area (Å²) in [4.78, 5) is 34.6. The van der Waals surface area contributed by atoms with E-state index in [4.69, 9.17) is 4.74 Å². The molecule has 0 bridgehead atoms. The highest BCUT2D eigenvalue weighted by molar-refractivity contribution is 6.05. The fraction of sp³-hybridized carbons (Fsp3) is 0.467. The van der Waals surface area contributed by atoms with Gasteiger partial charge < -0.3 is 9.84 Å². The maximum Gasteiger partial charge on any atom is 0.328 e. The Labute approximate surface area is 127 Å². The molecule has 0 saturated carbocycles. The molecule has 0 amide bonds. The number of rotatable bonds is 7. The topological polar surface area (TPSA) is 93.0 Å². The molecule has 1 aromatic carbocycles. The van der Waals surface area contributed by atoms with E-state index in [2.05, 4.69) is 5.18 Å². The van der Waals surface area contributed by atoms with Gasteiger partial charge in [-0.1, -0.05) is 19.9 Å². The number of benzene rings is 1. The average Bonchev–Trinajstić information content (AvgIpc) is 2.44. The Morgan fingerprint density at radius 2 is 2.05 bits per heavy atom. The van der Waals surface area contributed by atoms with Crippen molar-refractivity contribution in [1.29, 1.82) is 0 Å². The molecule has 7 heteroatoms. The average molecular weight is 311 g/mol. The molecule has 1 aromatic rings. The Hall–Kier alpha value is -2.31. The van der Waals surface area contributed by atoms with Gasteiger partial charge in [0.1, 0.15) is 5.69 Å². The summed E-state index contributed by atoms with van der Waals surface area (Å²) in [6.07, 6.45) is -0.0610. The van der Waals surface area contributed by atoms with Gasteiger partial charge in [-0.3, -0.25) is 9.59 Å². The molecular formula is C15H18FNO5. The molecule has 6 nitrogen and oxygen atoms in total. The predicted molar refractivity (Wildman–Crippen MR) is 77.3 cm³/mol. The molecule has 0 aliphatic rings. The first-order valence-corrected chi connectivity index (χ1v) is 6.83. The number of ether oxygens (including phenoxy) is 1. The van der Waals surface area contributed by atoms with Crippen molar-refractivity contribution in [3.05, 3.63) is 34.5 Å². The molecule has 0 aromatic heterocycles. The van der Waals surface area contributed by atoms with Crippen LogP contribution in [0.4, 0.5) is 10.1 Å². The number of halogens is 1. The molecule has 0 spiro atoms. The fourth-order valence-electron chi connectivity index (χ4n) is 2.33. The summed E-state index contributed by atoms with van der Waals surface area (Å²) in [5.74, 6) is -3.52. The number of hydrogen-bond donors (Lipinski definition) is 1. The second-order valence-electron chi connectivity index (χ2n) is 5.29. The van der Waals surface area contributed by atoms with E-state index in [9.17, 15) is 24.0 Å². The molecule has 1 N–H and O–H groups in total. The second-order valence-corrected chi connectivity index (χ2v) is 5.29. The summed E-state index contributed by atoms with van der Waals surface area (Å²) >= 11 is 0. The molecule has 1 unspecified atom stereocenters. The number of hydrogen-bond acceptors (Lipinski definition) is 5. The van der Waals surface area contributed by atoms with E-state index in [0.29, 0.717) is 0 Å². The molecule has 120 valence electrons. The van der Waals surface area contributed by atoms with Crippen LogP contribution in [0.3, 0.4) is 0 Å². The maximum atomic E-state index is 13.8. The number of aliphatic carboxylic acids is 1. The van der Waals surface area contributed by atoms with Crippen LogP contribution in [0.5, 0.6) is 0 Å². The first kappa shape index (κ1) is 17.7. The van der Waals surface area contributed by atoms with E-state index < -0.39 is 28.9 Å². The number of carbonyl (C=O) groups is 2. The van der Waals surface area contributed by atoms with E-state index in [0.717, 1.165) is 12.1 Å². The van der Waals surface area contributed by atoms with Gasteiger partial charge in [-0.15, -0.1) is 4.91 Å². The van der Waals surface area contributed by atoms with Crippen LogP contribution in [0.1, 0.15) is 32.8 Å². The molecule has 0 aliphatic heterocycles. The molecule has 0 fully saturated rings. The van der Waals surface area contributed by atoms with Crippen LogP contribution in [0.15, 0.2) is 23.4 Å². The number of carbonyl (C=O) groups excluding carboxylic acids is 1. The number of nitroso groups, excluding NO2 is 1. The first-order valence-electron chi connectivity index (χ1n) is 6.83. The minimum absolute atomic E-state index is 0.00240. The Balaban J connectivity index is 3.53. The van der Waals surface area contributed by atoms with Crippen LogP contribution in [0, 0.1) is 16.6 Å². The highest BCUT2D eigenvalue weighted by Gasteiger charge is 2.50. The lowest BCUT2D eigenvalue weighted by Gasteiger charge is -2.29. The molecule has 1 atom stereocenters. The van der Waals surface area contributed by atoms with Crippen molar-refractivity contribution >= 4 is 17.6 Å². The van der Waals surface area contributed by atoms with E-state index in [1.807, 2.05) is 0 Å². The largest absolute Gasteiger partial charge is 0.480 e. The standard InChI is InChI=1S/C15H18FNO5/c1-4-22-14(20)15(13(18)19,8-9(2)3)10-5-6-12(17-21)11(16)7-10/h5-7,9H,4,8H2,1-3H3,(H,18,19). The first-order chi connectivity index (χ1) is 10.3. The van der Waals surface area contributed by atoms with Gasteiger partial charge in [0.15, 0.2) is 11.2 Å². The van der Waals surface area contributed by atoms with Gasteiger partial charge >= 0.3 is 11.9 Å². The Kier molecular flexibility index (Phi) is 5.73. The molecule has 22 heavy (non-hydrogen) atoms. The molecule has 0 heterocycles. The summed E-state index contributed by atoms with van der Waals surface area (Å²) in [7, 11) is 0. The third kappa shape index (κ3) is 3.29. The third-order valence-electron chi connectivity index (χ3n) is 3.24. The smallest absolute Gasteiger partial charge is 0.328 e. The lowest BCUT2D eigenvalue weighted by Crippen LogP contribution is -2.46. The minimum atomic E-state index is -2.02. The van der Waals surface area contributed by atoms with Crippen LogP contribution in [-0.2, 0) is 19.7 Å². The third-order valence-corrected chi connectivity index (χ3v) is 3.24. The SMILES string of the molecule is CCOC(=O)C(CC(C)C)(C(=O)O)c1ccc(N=O)c(F)c1. The lowest BCUT2D eigenvalue weighted by molar-refractivity contribution is -0.162. The lowest BCUT2D eigenvalue weighted by atomic mass is 9.74. The summed E-state index contributed by atoms with van der Waals surface area (Å²) < 4.78 is 18.7. The highest BCUT2D eigenvalue weighted by atomic mass is 19.1. The van der Waals surface area contributed by atoms with Crippen molar-refractivity contribution in [1.82, 2.24) is 0 Å². The fourth-order valence-corrected chi connectivity index (χ4v) is 2.33. The number of nitrogens with zero attached hydrogens (tertiary/aromatic N) is 1. The molecular weight excluding hydrogens is 293 g/mol. The van der Waals surface area contributed by atoms with Crippen molar-refractivity contribution in [3.8, 4) is 0 Å². The minimum Gasteiger partial charge on any atom is -0.480 e. The van der Waals surface area contributed by atoms with Crippen molar-refractivity contribution in [3.63, 3.8) is 0 Å². The van der Waals surface area contributed by atoms with E-state index in [1.165, 1.54) is 6.07 Å². The maximum absolute atomic E-state index is 13.8. The van der Waals surface area contributed by atoms with Gasteiger partial charge in [-0.25, -0.2) is 4.39 Å².